The van der Waals surface area contributed by atoms with Gasteiger partial charge >= 0.3 is 0 Å². The fourth-order valence-electron chi connectivity index (χ4n) is 5.12. The van der Waals surface area contributed by atoms with E-state index in [1.165, 1.54) is 34.8 Å². The number of hydrogen-bond donors (Lipinski definition) is 0. The molecular weight excluding hydrogens is 461 g/mol. The van der Waals surface area contributed by atoms with Crippen molar-refractivity contribution in [3.8, 4) is 17.2 Å². The first-order chi connectivity index (χ1) is 13.6. The second kappa shape index (κ2) is 8.36. The van der Waals surface area contributed by atoms with E-state index in [0.29, 0.717) is 24.2 Å². The normalized spacial score (nSPS) is 20.9. The van der Waals surface area contributed by atoms with E-state index in [4.69, 9.17) is 9.51 Å². The maximum atomic E-state index is 9.43. The minimum Gasteiger partial charge on any atom is -0.361 e. The van der Waals surface area contributed by atoms with Crippen LogP contribution in [0.2, 0.25) is 0 Å². The van der Waals surface area contributed by atoms with Crippen LogP contribution >= 0.6 is 22.6 Å². The van der Waals surface area contributed by atoms with E-state index in [1.54, 1.807) is 0 Å². The molecule has 4 rings (SSSR count). The first-order valence-electron chi connectivity index (χ1n) is 10.2. The summed E-state index contributed by atoms with van der Waals surface area (Å²) in [5, 5.41) is 13.5. The molecule has 0 spiro atoms. The lowest BCUT2D eigenvalue weighted by Gasteiger charge is -2.27. The molecule has 146 valence electrons. The van der Waals surface area contributed by atoms with Gasteiger partial charge in [0.1, 0.15) is 5.76 Å². The molecule has 0 radical (unpaired) electrons. The number of aromatic nitrogens is 2. The molecule has 0 amide bonds. The number of halogens is 1. The molecule has 5 heteroatoms. The average molecular weight is 487 g/mol. The molecule has 0 N–H and O–H groups in total. The van der Waals surface area contributed by atoms with Crippen LogP contribution in [0.5, 0.6) is 0 Å². The first-order valence-corrected chi connectivity index (χ1v) is 11.3. The first kappa shape index (κ1) is 19.6. The van der Waals surface area contributed by atoms with E-state index in [2.05, 4.69) is 46.0 Å². The Morgan fingerprint density at radius 1 is 1.29 bits per heavy atom. The summed E-state index contributed by atoms with van der Waals surface area (Å²) in [6.07, 6.45) is 12.3. The summed E-state index contributed by atoms with van der Waals surface area (Å²) >= 11 is 2.44. The number of aryl methyl sites for hydroxylation is 3. The fraction of sp³-hybridized carbons (Fsp3) is 0.522. The highest BCUT2D eigenvalue weighted by molar-refractivity contribution is 14.1. The Morgan fingerprint density at radius 2 is 2.07 bits per heavy atom. The van der Waals surface area contributed by atoms with Crippen LogP contribution in [-0.2, 0) is 6.42 Å². The molecule has 1 saturated carbocycles. The van der Waals surface area contributed by atoms with Crippen molar-refractivity contribution in [2.75, 3.05) is 0 Å². The van der Waals surface area contributed by atoms with Gasteiger partial charge in [0.15, 0.2) is 0 Å². The molecule has 2 heterocycles. The zero-order chi connectivity index (χ0) is 19.7. The number of rotatable bonds is 4. The minimum absolute atomic E-state index is 0.464. The molecule has 2 aliphatic carbocycles. The Balaban J connectivity index is 1.64. The molecule has 28 heavy (non-hydrogen) atoms. The Kier molecular flexibility index (Phi) is 5.86. The average Bonchev–Trinajstić information content (AvgIpc) is 3.29. The smallest absolute Gasteiger partial charge is 0.141 e. The van der Waals surface area contributed by atoms with E-state index < -0.39 is 0 Å². The molecule has 2 aromatic heterocycles. The molecule has 2 unspecified atom stereocenters. The predicted molar refractivity (Wildman–Crippen MR) is 119 cm³/mol. The van der Waals surface area contributed by atoms with E-state index in [-0.39, 0.29) is 0 Å². The van der Waals surface area contributed by atoms with Crippen molar-refractivity contribution in [2.45, 2.75) is 58.8 Å². The van der Waals surface area contributed by atoms with Gasteiger partial charge in [-0.25, -0.2) is 0 Å². The van der Waals surface area contributed by atoms with Crippen LogP contribution in [0, 0.1) is 42.9 Å². The minimum atomic E-state index is 0.464. The Hall–Kier alpha value is -1.68. The summed E-state index contributed by atoms with van der Waals surface area (Å²) in [6.45, 7) is 3.93. The molecule has 0 bridgehead atoms. The van der Waals surface area contributed by atoms with Crippen LogP contribution in [0.4, 0.5) is 0 Å². The largest absolute Gasteiger partial charge is 0.361 e. The van der Waals surface area contributed by atoms with E-state index in [1.807, 2.05) is 20.0 Å². The number of fused-ring (bicyclic) bond motifs is 1. The molecule has 1 fully saturated rings. The van der Waals surface area contributed by atoms with Gasteiger partial charge < -0.3 is 4.52 Å². The topological polar surface area (TPSA) is 62.7 Å². The van der Waals surface area contributed by atoms with Crippen molar-refractivity contribution in [3.63, 3.8) is 0 Å². The molecule has 0 aromatic carbocycles. The van der Waals surface area contributed by atoms with Gasteiger partial charge in [0.25, 0.3) is 0 Å². The van der Waals surface area contributed by atoms with Crippen LogP contribution in [0.1, 0.15) is 61.2 Å². The van der Waals surface area contributed by atoms with E-state index in [0.717, 1.165) is 41.1 Å². The molecule has 4 nitrogen and oxygen atoms in total. The van der Waals surface area contributed by atoms with E-state index in [9.17, 15) is 5.26 Å². The number of pyridine rings is 1. The van der Waals surface area contributed by atoms with Gasteiger partial charge in [-0.15, -0.1) is 0 Å². The van der Waals surface area contributed by atoms with Crippen LogP contribution < -0.4 is 0 Å². The highest BCUT2D eigenvalue weighted by atomic mass is 127. The third-order valence-electron chi connectivity index (χ3n) is 6.50. The van der Waals surface area contributed by atoms with Crippen LogP contribution in [0.15, 0.2) is 22.9 Å². The predicted octanol–water partition coefficient (Wildman–Crippen LogP) is 6.41. The summed E-state index contributed by atoms with van der Waals surface area (Å²) < 4.78 is 6.57. The third kappa shape index (κ3) is 3.76. The standard InChI is InChI=1S/C23H26IN3O/c1-14-22(15(2)28-27-14)19-11-18-8-7-17(12-21(24)23(18)26-13-19)20(9-10-25)16-5-3-4-6-16/h11-13,16-17,20H,3-9H2,1-2H3. The van der Waals surface area contributed by atoms with Crippen molar-refractivity contribution >= 4 is 26.2 Å². The Bertz CT molecular complexity index is 914. The van der Waals surface area contributed by atoms with Crippen molar-refractivity contribution < 1.29 is 4.52 Å². The van der Waals surface area contributed by atoms with Crippen LogP contribution in [0.3, 0.4) is 0 Å². The molecule has 0 saturated heterocycles. The summed E-state index contributed by atoms with van der Waals surface area (Å²) in [7, 11) is 0. The summed E-state index contributed by atoms with van der Waals surface area (Å²) in [6, 6.07) is 4.74. The summed E-state index contributed by atoms with van der Waals surface area (Å²) in [5.41, 5.74) is 5.44. The number of allylic oxidation sites excluding steroid dienone is 1. The number of nitrogens with zero attached hydrogens (tertiary/aromatic N) is 3. The Labute approximate surface area is 180 Å². The monoisotopic (exact) mass is 487 g/mol. The second-order valence-electron chi connectivity index (χ2n) is 8.22. The molecule has 0 aliphatic heterocycles. The maximum Gasteiger partial charge on any atom is 0.141 e. The highest BCUT2D eigenvalue weighted by Crippen LogP contribution is 2.43. The van der Waals surface area contributed by atoms with Gasteiger partial charge in [0.2, 0.25) is 0 Å². The lowest BCUT2D eigenvalue weighted by atomic mass is 9.76. The lowest BCUT2D eigenvalue weighted by Crippen LogP contribution is -2.21. The summed E-state index contributed by atoms with van der Waals surface area (Å²) in [5.74, 6) is 2.49. The van der Waals surface area contributed by atoms with Gasteiger partial charge in [-0.2, -0.15) is 5.26 Å². The van der Waals surface area contributed by atoms with Crippen molar-refractivity contribution in [2.24, 2.45) is 17.8 Å². The lowest BCUT2D eigenvalue weighted by molar-refractivity contribution is 0.260. The van der Waals surface area contributed by atoms with Crippen LogP contribution in [-0.4, -0.2) is 10.1 Å². The van der Waals surface area contributed by atoms with E-state index >= 15 is 0 Å². The Morgan fingerprint density at radius 3 is 2.75 bits per heavy atom. The number of hydrogen-bond acceptors (Lipinski definition) is 4. The molecule has 2 aliphatic rings. The van der Waals surface area contributed by atoms with Gasteiger partial charge in [-0.05, 0) is 78.7 Å². The number of nitriles is 1. The van der Waals surface area contributed by atoms with Gasteiger partial charge in [-0.1, -0.05) is 36.9 Å². The SMILES string of the molecule is Cc1noc(C)c1-c1cnc2c(c1)CCC(C(CC#N)C1CCCC1)C=C2I. The summed E-state index contributed by atoms with van der Waals surface area (Å²) in [4.78, 5) is 4.83. The molecular formula is C23H26IN3O. The maximum absolute atomic E-state index is 9.43. The van der Waals surface area contributed by atoms with Crippen molar-refractivity contribution in [1.29, 1.82) is 5.26 Å². The zero-order valence-corrected chi connectivity index (χ0v) is 18.7. The molecule has 2 atom stereocenters. The zero-order valence-electron chi connectivity index (χ0n) is 16.5. The van der Waals surface area contributed by atoms with Crippen molar-refractivity contribution in [3.05, 3.63) is 41.1 Å². The molecule has 2 aromatic rings. The van der Waals surface area contributed by atoms with Crippen molar-refractivity contribution in [1.82, 2.24) is 10.1 Å². The van der Waals surface area contributed by atoms with Gasteiger partial charge in [0, 0.05) is 27.3 Å². The van der Waals surface area contributed by atoms with Crippen LogP contribution in [0.25, 0.3) is 14.7 Å². The quantitative estimate of drug-likeness (QED) is 0.468. The fourth-order valence-corrected chi connectivity index (χ4v) is 6.06. The second-order valence-corrected chi connectivity index (χ2v) is 9.38. The third-order valence-corrected chi connectivity index (χ3v) is 7.38. The highest BCUT2D eigenvalue weighted by Gasteiger charge is 2.32. The van der Waals surface area contributed by atoms with Gasteiger partial charge in [0.05, 0.1) is 17.5 Å². The van der Waals surface area contributed by atoms with Gasteiger partial charge in [-0.3, -0.25) is 4.98 Å².